The van der Waals surface area contributed by atoms with Crippen molar-refractivity contribution in [2.75, 3.05) is 7.11 Å². The van der Waals surface area contributed by atoms with Crippen LogP contribution in [0.3, 0.4) is 0 Å². The lowest BCUT2D eigenvalue weighted by atomic mass is 9.97. The zero-order chi connectivity index (χ0) is 11.7. The molecule has 17 heavy (non-hydrogen) atoms. The smallest absolute Gasteiger partial charge is 0.118 e. The molecular formula is C16H16O. The third-order valence-electron chi connectivity index (χ3n) is 3.55. The monoisotopic (exact) mass is 224 g/mol. The molecule has 0 aromatic heterocycles. The van der Waals surface area contributed by atoms with Crippen LogP contribution in [-0.2, 0) is 12.8 Å². The maximum atomic E-state index is 5.20. The third-order valence-corrected chi connectivity index (χ3v) is 3.55. The molecule has 0 fully saturated rings. The predicted molar refractivity (Wildman–Crippen MR) is 70.5 cm³/mol. The highest BCUT2D eigenvalue weighted by Gasteiger charge is 2.14. The number of aryl methyl sites for hydroxylation is 1. The van der Waals surface area contributed by atoms with Crippen LogP contribution in [0.25, 0.3) is 11.1 Å². The zero-order valence-corrected chi connectivity index (χ0v) is 10.1. The molecule has 2 aromatic carbocycles. The fraction of sp³-hybridized carbons (Fsp3) is 0.250. The third kappa shape index (κ3) is 1.82. The number of hydrogen-bond donors (Lipinski definition) is 0. The van der Waals surface area contributed by atoms with Crippen molar-refractivity contribution in [1.29, 1.82) is 0 Å². The molecule has 0 atom stereocenters. The van der Waals surface area contributed by atoms with Gasteiger partial charge in [-0.1, -0.05) is 30.3 Å². The van der Waals surface area contributed by atoms with Gasteiger partial charge in [0.15, 0.2) is 0 Å². The van der Waals surface area contributed by atoms with Gasteiger partial charge in [-0.05, 0) is 53.6 Å². The number of benzene rings is 2. The highest BCUT2D eigenvalue weighted by atomic mass is 16.5. The van der Waals surface area contributed by atoms with Gasteiger partial charge in [0, 0.05) is 0 Å². The molecule has 1 aliphatic carbocycles. The predicted octanol–water partition coefficient (Wildman–Crippen LogP) is 3.85. The number of fused-ring (bicyclic) bond motifs is 1. The highest BCUT2D eigenvalue weighted by molar-refractivity contribution is 5.70. The van der Waals surface area contributed by atoms with Crippen molar-refractivity contribution >= 4 is 0 Å². The van der Waals surface area contributed by atoms with Crippen molar-refractivity contribution in [2.24, 2.45) is 0 Å². The first-order valence-electron chi connectivity index (χ1n) is 6.13. The van der Waals surface area contributed by atoms with Crippen LogP contribution in [0, 0.1) is 0 Å². The Kier molecular flexibility index (Phi) is 2.60. The van der Waals surface area contributed by atoms with Gasteiger partial charge in [-0.15, -0.1) is 0 Å². The van der Waals surface area contributed by atoms with Crippen molar-refractivity contribution in [3.8, 4) is 16.9 Å². The highest BCUT2D eigenvalue weighted by Crippen LogP contribution is 2.32. The lowest BCUT2D eigenvalue weighted by Gasteiger charge is -2.09. The zero-order valence-electron chi connectivity index (χ0n) is 10.1. The molecule has 86 valence electrons. The van der Waals surface area contributed by atoms with Crippen LogP contribution in [-0.4, -0.2) is 7.11 Å². The van der Waals surface area contributed by atoms with Crippen LogP contribution in [0.15, 0.2) is 42.5 Å². The van der Waals surface area contributed by atoms with Crippen LogP contribution in [0.2, 0.25) is 0 Å². The van der Waals surface area contributed by atoms with Gasteiger partial charge >= 0.3 is 0 Å². The lowest BCUT2D eigenvalue weighted by molar-refractivity contribution is 0.415. The Morgan fingerprint density at radius 3 is 2.53 bits per heavy atom. The first-order chi connectivity index (χ1) is 8.38. The van der Waals surface area contributed by atoms with E-state index in [0.29, 0.717) is 0 Å². The van der Waals surface area contributed by atoms with E-state index in [0.717, 1.165) is 5.75 Å². The number of rotatable bonds is 2. The van der Waals surface area contributed by atoms with Crippen molar-refractivity contribution in [3.05, 3.63) is 53.6 Å². The summed E-state index contributed by atoms with van der Waals surface area (Å²) in [7, 11) is 1.70. The van der Waals surface area contributed by atoms with Crippen molar-refractivity contribution in [2.45, 2.75) is 19.3 Å². The van der Waals surface area contributed by atoms with E-state index in [2.05, 4.69) is 30.3 Å². The molecular weight excluding hydrogens is 208 g/mol. The van der Waals surface area contributed by atoms with Crippen LogP contribution in [0.1, 0.15) is 17.5 Å². The minimum atomic E-state index is 0.918. The summed E-state index contributed by atoms with van der Waals surface area (Å²) in [6.45, 7) is 0. The summed E-state index contributed by atoms with van der Waals surface area (Å²) in [5.41, 5.74) is 5.75. The molecule has 0 unspecified atom stereocenters. The van der Waals surface area contributed by atoms with Gasteiger partial charge in [-0.25, -0.2) is 0 Å². The Morgan fingerprint density at radius 2 is 1.76 bits per heavy atom. The second kappa shape index (κ2) is 4.25. The Morgan fingerprint density at radius 1 is 0.941 bits per heavy atom. The molecule has 0 saturated heterocycles. The number of hydrogen-bond acceptors (Lipinski definition) is 1. The first kappa shape index (κ1) is 10.4. The summed E-state index contributed by atoms with van der Waals surface area (Å²) in [5.74, 6) is 0.918. The number of methoxy groups -OCH3 is 1. The van der Waals surface area contributed by atoms with E-state index in [-0.39, 0.29) is 0 Å². The summed E-state index contributed by atoms with van der Waals surface area (Å²) < 4.78 is 5.20. The van der Waals surface area contributed by atoms with Crippen LogP contribution in [0.4, 0.5) is 0 Å². The molecule has 3 rings (SSSR count). The SMILES string of the molecule is COc1ccc(-c2cccc3c2CCC3)cc1. The minimum absolute atomic E-state index is 0.918. The topological polar surface area (TPSA) is 9.23 Å². The molecule has 2 aromatic rings. The number of ether oxygens (including phenoxy) is 1. The second-order valence-corrected chi connectivity index (χ2v) is 4.53. The van der Waals surface area contributed by atoms with E-state index in [1.54, 1.807) is 7.11 Å². The Bertz CT molecular complexity index is 526. The average molecular weight is 224 g/mol. The average Bonchev–Trinajstić information content (AvgIpc) is 2.87. The van der Waals surface area contributed by atoms with Gasteiger partial charge in [0.2, 0.25) is 0 Å². The summed E-state index contributed by atoms with van der Waals surface area (Å²) in [6.07, 6.45) is 3.75. The van der Waals surface area contributed by atoms with E-state index >= 15 is 0 Å². The normalized spacial score (nSPS) is 13.5. The molecule has 0 aliphatic heterocycles. The fourth-order valence-corrected chi connectivity index (χ4v) is 2.66. The van der Waals surface area contributed by atoms with E-state index < -0.39 is 0 Å². The molecule has 0 radical (unpaired) electrons. The Hall–Kier alpha value is -1.76. The summed E-state index contributed by atoms with van der Waals surface area (Å²) in [6, 6.07) is 15.0. The van der Waals surface area contributed by atoms with Gasteiger partial charge in [0.1, 0.15) is 5.75 Å². The molecule has 0 bridgehead atoms. The molecule has 0 heterocycles. The second-order valence-electron chi connectivity index (χ2n) is 4.53. The Balaban J connectivity index is 2.06. The molecule has 1 heteroatoms. The van der Waals surface area contributed by atoms with Gasteiger partial charge < -0.3 is 4.74 Å². The van der Waals surface area contributed by atoms with Crippen LogP contribution in [0.5, 0.6) is 5.75 Å². The van der Waals surface area contributed by atoms with Gasteiger partial charge in [0.25, 0.3) is 0 Å². The molecule has 1 aliphatic rings. The van der Waals surface area contributed by atoms with E-state index in [9.17, 15) is 0 Å². The van der Waals surface area contributed by atoms with Crippen LogP contribution >= 0.6 is 0 Å². The van der Waals surface area contributed by atoms with Gasteiger partial charge in [-0.3, -0.25) is 0 Å². The minimum Gasteiger partial charge on any atom is -0.497 e. The molecule has 0 spiro atoms. The molecule has 0 amide bonds. The summed E-state index contributed by atoms with van der Waals surface area (Å²) >= 11 is 0. The molecule has 0 saturated carbocycles. The standard InChI is InChI=1S/C16H16O/c1-17-14-10-8-13(9-11-14)16-7-3-5-12-4-2-6-15(12)16/h3,5,7-11H,2,4,6H2,1H3. The lowest BCUT2D eigenvalue weighted by Crippen LogP contribution is -1.88. The van der Waals surface area contributed by atoms with Gasteiger partial charge in [0.05, 0.1) is 7.11 Å². The maximum absolute atomic E-state index is 5.20. The van der Waals surface area contributed by atoms with Crippen molar-refractivity contribution in [1.82, 2.24) is 0 Å². The summed E-state index contributed by atoms with van der Waals surface area (Å²) in [5, 5.41) is 0. The fourth-order valence-electron chi connectivity index (χ4n) is 2.66. The molecule has 0 N–H and O–H groups in total. The van der Waals surface area contributed by atoms with E-state index in [1.165, 1.54) is 41.5 Å². The van der Waals surface area contributed by atoms with E-state index in [4.69, 9.17) is 4.74 Å². The largest absolute Gasteiger partial charge is 0.497 e. The maximum Gasteiger partial charge on any atom is 0.118 e. The Labute approximate surface area is 102 Å². The quantitative estimate of drug-likeness (QED) is 0.752. The van der Waals surface area contributed by atoms with Crippen LogP contribution < -0.4 is 4.74 Å². The van der Waals surface area contributed by atoms with E-state index in [1.807, 2.05) is 12.1 Å². The summed E-state index contributed by atoms with van der Waals surface area (Å²) in [4.78, 5) is 0. The van der Waals surface area contributed by atoms with Crippen molar-refractivity contribution < 1.29 is 4.74 Å². The van der Waals surface area contributed by atoms with Gasteiger partial charge in [-0.2, -0.15) is 0 Å². The first-order valence-corrected chi connectivity index (χ1v) is 6.13. The molecule has 1 nitrogen and oxygen atoms in total. The van der Waals surface area contributed by atoms with Crippen molar-refractivity contribution in [3.63, 3.8) is 0 Å².